The molecule has 1 amide bonds. The maximum absolute atomic E-state index is 12.3. The molecule has 2 aromatic rings. The molecule has 148 valence electrons. The lowest BCUT2D eigenvalue weighted by molar-refractivity contribution is -0.120. The molecule has 1 N–H and O–H groups in total. The molecular formula is C19H23N5O3S. The van der Waals surface area contributed by atoms with Gasteiger partial charge in [-0.15, -0.1) is 10.2 Å². The highest BCUT2D eigenvalue weighted by Gasteiger charge is 2.31. The SMILES string of the molecule is CC(C)C(C)(C#N)NC(=O)CSc1nnc(C2COc3ccccc3O2)n1C. The summed E-state index contributed by atoms with van der Waals surface area (Å²) in [5.74, 6) is 1.91. The molecule has 2 atom stereocenters. The van der Waals surface area contributed by atoms with Gasteiger partial charge in [0.15, 0.2) is 28.6 Å². The highest BCUT2D eigenvalue weighted by molar-refractivity contribution is 7.99. The molecule has 2 unspecified atom stereocenters. The summed E-state index contributed by atoms with van der Waals surface area (Å²) >= 11 is 1.26. The zero-order chi connectivity index (χ0) is 20.3. The Kier molecular flexibility index (Phi) is 5.79. The predicted octanol–water partition coefficient (Wildman–Crippen LogP) is 2.47. The van der Waals surface area contributed by atoms with Gasteiger partial charge in [-0.3, -0.25) is 4.79 Å². The van der Waals surface area contributed by atoms with Crippen LogP contribution in [0.15, 0.2) is 29.4 Å². The first kappa shape index (κ1) is 20.0. The number of hydrogen-bond donors (Lipinski definition) is 1. The standard InChI is InChI=1S/C19H23N5O3S/c1-12(2)19(3,11-20)21-16(25)10-28-18-23-22-17(24(18)4)15-9-26-13-7-5-6-8-14(13)27-15/h5-8,12,15H,9-10H2,1-4H3,(H,21,25). The van der Waals surface area contributed by atoms with Gasteiger partial charge in [-0.2, -0.15) is 5.26 Å². The fourth-order valence-corrected chi connectivity index (χ4v) is 3.35. The van der Waals surface area contributed by atoms with E-state index in [0.717, 1.165) is 0 Å². The number of nitrogens with zero attached hydrogens (tertiary/aromatic N) is 4. The molecular weight excluding hydrogens is 378 g/mol. The van der Waals surface area contributed by atoms with Gasteiger partial charge in [0.05, 0.1) is 11.8 Å². The van der Waals surface area contributed by atoms with Crippen molar-refractivity contribution in [2.24, 2.45) is 13.0 Å². The molecule has 0 bridgehead atoms. The van der Waals surface area contributed by atoms with Crippen molar-refractivity contribution in [2.75, 3.05) is 12.4 Å². The Morgan fingerprint density at radius 3 is 2.82 bits per heavy atom. The lowest BCUT2D eigenvalue weighted by Gasteiger charge is -2.27. The molecule has 3 rings (SSSR count). The van der Waals surface area contributed by atoms with Gasteiger partial charge in [0, 0.05) is 7.05 Å². The third-order valence-electron chi connectivity index (χ3n) is 4.78. The van der Waals surface area contributed by atoms with E-state index in [1.165, 1.54) is 11.8 Å². The second kappa shape index (κ2) is 8.10. The van der Waals surface area contributed by atoms with Gasteiger partial charge in [-0.25, -0.2) is 0 Å². The number of carbonyl (C=O) groups is 1. The molecule has 1 aromatic heterocycles. The lowest BCUT2D eigenvalue weighted by Crippen LogP contribution is -2.49. The summed E-state index contributed by atoms with van der Waals surface area (Å²) in [6.07, 6.45) is -0.376. The third kappa shape index (κ3) is 4.07. The van der Waals surface area contributed by atoms with Crippen molar-refractivity contribution in [1.82, 2.24) is 20.1 Å². The van der Waals surface area contributed by atoms with E-state index in [-0.39, 0.29) is 23.7 Å². The Hall–Kier alpha value is -2.73. The van der Waals surface area contributed by atoms with Gasteiger partial charge in [0.2, 0.25) is 5.91 Å². The van der Waals surface area contributed by atoms with Crippen molar-refractivity contribution >= 4 is 17.7 Å². The van der Waals surface area contributed by atoms with Gasteiger partial charge < -0.3 is 19.4 Å². The van der Waals surface area contributed by atoms with Crippen LogP contribution in [-0.2, 0) is 11.8 Å². The van der Waals surface area contributed by atoms with E-state index in [2.05, 4.69) is 21.6 Å². The smallest absolute Gasteiger partial charge is 0.231 e. The van der Waals surface area contributed by atoms with E-state index in [9.17, 15) is 10.1 Å². The molecule has 0 saturated heterocycles. The second-order valence-corrected chi connectivity index (χ2v) is 8.01. The average molecular weight is 401 g/mol. The average Bonchev–Trinajstić information content (AvgIpc) is 3.06. The first-order valence-corrected chi connectivity index (χ1v) is 9.95. The molecule has 9 heteroatoms. The summed E-state index contributed by atoms with van der Waals surface area (Å²) in [4.78, 5) is 12.3. The third-order valence-corrected chi connectivity index (χ3v) is 5.80. The van der Waals surface area contributed by atoms with E-state index >= 15 is 0 Å². The first-order valence-electron chi connectivity index (χ1n) is 8.97. The van der Waals surface area contributed by atoms with Gasteiger partial charge in [0.1, 0.15) is 12.1 Å². The summed E-state index contributed by atoms with van der Waals surface area (Å²) < 4.78 is 13.5. The van der Waals surface area contributed by atoms with Crippen LogP contribution in [0.1, 0.15) is 32.7 Å². The largest absolute Gasteiger partial charge is 0.485 e. The van der Waals surface area contributed by atoms with E-state index in [4.69, 9.17) is 9.47 Å². The van der Waals surface area contributed by atoms with Crippen molar-refractivity contribution in [3.8, 4) is 17.6 Å². The molecule has 2 heterocycles. The number of nitrogens with one attached hydrogen (secondary N) is 1. The van der Waals surface area contributed by atoms with Crippen LogP contribution in [0, 0.1) is 17.2 Å². The monoisotopic (exact) mass is 401 g/mol. The summed E-state index contributed by atoms with van der Waals surface area (Å²) in [6, 6.07) is 9.64. The van der Waals surface area contributed by atoms with Crippen LogP contribution < -0.4 is 14.8 Å². The number of ether oxygens (including phenoxy) is 2. The molecule has 0 radical (unpaired) electrons. The number of carbonyl (C=O) groups excluding carboxylic acids is 1. The van der Waals surface area contributed by atoms with Crippen molar-refractivity contribution in [3.05, 3.63) is 30.1 Å². The Balaban J connectivity index is 1.63. The minimum Gasteiger partial charge on any atom is -0.485 e. The van der Waals surface area contributed by atoms with Crippen LogP contribution >= 0.6 is 11.8 Å². The van der Waals surface area contributed by atoms with Crippen LogP contribution in [0.4, 0.5) is 0 Å². The molecule has 0 fully saturated rings. The summed E-state index contributed by atoms with van der Waals surface area (Å²) in [5.41, 5.74) is -0.899. The number of fused-ring (bicyclic) bond motifs is 1. The molecule has 0 saturated carbocycles. The highest BCUT2D eigenvalue weighted by atomic mass is 32.2. The van der Waals surface area contributed by atoms with E-state index in [1.807, 2.05) is 45.2 Å². The number of benzene rings is 1. The molecule has 8 nitrogen and oxygen atoms in total. The highest BCUT2D eigenvalue weighted by Crippen LogP contribution is 2.35. The maximum atomic E-state index is 12.3. The molecule has 0 aliphatic carbocycles. The van der Waals surface area contributed by atoms with Crippen LogP contribution in [0.5, 0.6) is 11.5 Å². The number of hydrogen-bond acceptors (Lipinski definition) is 7. The van der Waals surface area contributed by atoms with Crippen LogP contribution in [0.25, 0.3) is 0 Å². The fourth-order valence-electron chi connectivity index (χ4n) is 2.64. The number of para-hydroxylation sites is 2. The van der Waals surface area contributed by atoms with Gasteiger partial charge >= 0.3 is 0 Å². The predicted molar refractivity (Wildman–Crippen MR) is 104 cm³/mol. The molecule has 28 heavy (non-hydrogen) atoms. The summed E-state index contributed by atoms with van der Waals surface area (Å²) in [7, 11) is 1.83. The minimum absolute atomic E-state index is 0.000733. The quantitative estimate of drug-likeness (QED) is 0.742. The van der Waals surface area contributed by atoms with E-state index in [1.54, 1.807) is 11.5 Å². The number of aromatic nitrogens is 3. The van der Waals surface area contributed by atoms with Crippen molar-refractivity contribution in [2.45, 2.75) is 37.6 Å². The molecule has 1 aliphatic heterocycles. The Morgan fingerprint density at radius 1 is 1.43 bits per heavy atom. The van der Waals surface area contributed by atoms with Crippen molar-refractivity contribution < 1.29 is 14.3 Å². The zero-order valence-corrected chi connectivity index (χ0v) is 17.1. The maximum Gasteiger partial charge on any atom is 0.231 e. The topological polar surface area (TPSA) is 102 Å². The number of thioether (sulfide) groups is 1. The van der Waals surface area contributed by atoms with Gasteiger partial charge in [0.25, 0.3) is 0 Å². The number of rotatable bonds is 6. The molecule has 1 aromatic carbocycles. The second-order valence-electron chi connectivity index (χ2n) is 7.07. The van der Waals surface area contributed by atoms with Crippen LogP contribution in [0.3, 0.4) is 0 Å². The van der Waals surface area contributed by atoms with Crippen molar-refractivity contribution in [3.63, 3.8) is 0 Å². The van der Waals surface area contributed by atoms with Gasteiger partial charge in [-0.05, 0) is 25.0 Å². The lowest BCUT2D eigenvalue weighted by atomic mass is 9.90. The fraction of sp³-hybridized carbons (Fsp3) is 0.474. The normalized spacial score (nSPS) is 17.6. The van der Waals surface area contributed by atoms with E-state index in [0.29, 0.717) is 29.1 Å². The summed E-state index contributed by atoms with van der Waals surface area (Å²) in [6.45, 7) is 5.86. The van der Waals surface area contributed by atoms with Gasteiger partial charge in [-0.1, -0.05) is 37.7 Å². The molecule has 0 spiro atoms. The van der Waals surface area contributed by atoms with E-state index < -0.39 is 5.54 Å². The number of nitriles is 1. The first-order chi connectivity index (χ1) is 13.3. The Morgan fingerprint density at radius 2 is 2.14 bits per heavy atom. The van der Waals surface area contributed by atoms with Crippen LogP contribution in [0.2, 0.25) is 0 Å². The Labute approximate surface area is 168 Å². The molecule has 1 aliphatic rings. The number of amides is 1. The zero-order valence-electron chi connectivity index (χ0n) is 16.3. The Bertz CT molecular complexity index is 907. The van der Waals surface area contributed by atoms with Crippen molar-refractivity contribution in [1.29, 1.82) is 5.26 Å². The van der Waals surface area contributed by atoms with Crippen LogP contribution in [-0.4, -0.2) is 38.6 Å². The summed E-state index contributed by atoms with van der Waals surface area (Å²) in [5, 5.41) is 21.1. The minimum atomic E-state index is -0.899.